The molecule has 5 heterocycles. The molecular weight excluding hydrogens is 573 g/mol. The van der Waals surface area contributed by atoms with E-state index in [9.17, 15) is 4.79 Å². The summed E-state index contributed by atoms with van der Waals surface area (Å²) in [7, 11) is 1.73. The monoisotopic (exact) mass is 603 g/mol. The number of pyridine rings is 2. The fourth-order valence-electron chi connectivity index (χ4n) is 5.11. The molecule has 1 amide bonds. The third kappa shape index (κ3) is 5.59. The van der Waals surface area contributed by atoms with Crippen LogP contribution in [-0.2, 0) is 18.3 Å². The standard InChI is InChI=1S/C34H30FN7OS/c1-5-10-23(38-27(43)17-21-11-8-7-9-12-21)18-22(6-2)24-19-37-34-28(29(24)35)32(41-42(34)4)33-39-25-15-16-36-31(30(25)40-33)26-14-13-20(3)44-26/h5-16,18-19H,17H2,1-4H3,(H,38,43)(H,39,40)/b10-5+,22-6+,23-18+. The first-order valence-corrected chi connectivity index (χ1v) is 15.0. The molecule has 0 spiro atoms. The average Bonchev–Trinajstić information content (AvgIpc) is 3.73. The Kier molecular flexibility index (Phi) is 7.99. The number of aryl methyl sites for hydroxylation is 2. The normalized spacial score (nSPS) is 12.6. The van der Waals surface area contributed by atoms with Crippen molar-refractivity contribution in [2.75, 3.05) is 0 Å². The van der Waals surface area contributed by atoms with Crippen LogP contribution in [0.2, 0.25) is 0 Å². The second-order valence-electron chi connectivity index (χ2n) is 10.3. The zero-order valence-corrected chi connectivity index (χ0v) is 25.5. The summed E-state index contributed by atoms with van der Waals surface area (Å²) in [5.41, 5.74) is 5.24. The van der Waals surface area contributed by atoms with Crippen LogP contribution in [0.5, 0.6) is 0 Å². The SMILES string of the molecule is C/C=C/C(=C\C(=C/C)c1cnc2c(c(-c3nc4c(-c5ccc(C)s5)nccc4[nH]3)nn2C)c1F)NC(=O)Cc1ccccc1. The number of imidazole rings is 1. The number of carbonyl (C=O) groups excluding carboxylic acids is 1. The van der Waals surface area contributed by atoms with Gasteiger partial charge in [0.05, 0.1) is 22.2 Å². The van der Waals surface area contributed by atoms with Gasteiger partial charge in [-0.15, -0.1) is 11.3 Å². The molecule has 2 N–H and O–H groups in total. The summed E-state index contributed by atoms with van der Waals surface area (Å²) in [5.74, 6) is -0.229. The van der Waals surface area contributed by atoms with Crippen LogP contribution in [0.25, 0.3) is 49.7 Å². The van der Waals surface area contributed by atoms with Crippen LogP contribution < -0.4 is 5.32 Å². The van der Waals surface area contributed by atoms with Crippen LogP contribution in [0, 0.1) is 12.7 Å². The molecule has 0 radical (unpaired) electrons. The maximum Gasteiger partial charge on any atom is 0.228 e. The van der Waals surface area contributed by atoms with Crippen molar-refractivity contribution in [2.45, 2.75) is 27.2 Å². The Morgan fingerprint density at radius 1 is 1.09 bits per heavy atom. The van der Waals surface area contributed by atoms with E-state index in [2.05, 4.69) is 25.4 Å². The molecule has 5 aromatic heterocycles. The zero-order valence-electron chi connectivity index (χ0n) is 24.7. The predicted molar refractivity (Wildman–Crippen MR) is 174 cm³/mol. The number of rotatable bonds is 8. The molecule has 0 aliphatic heterocycles. The lowest BCUT2D eigenvalue weighted by molar-refractivity contribution is -0.119. The highest BCUT2D eigenvalue weighted by Crippen LogP contribution is 2.35. The van der Waals surface area contributed by atoms with Gasteiger partial charge in [0.1, 0.15) is 22.7 Å². The predicted octanol–water partition coefficient (Wildman–Crippen LogP) is 7.30. The molecule has 8 nitrogen and oxygen atoms in total. The van der Waals surface area contributed by atoms with Crippen LogP contribution in [0.4, 0.5) is 4.39 Å². The Bertz CT molecular complexity index is 2100. The van der Waals surface area contributed by atoms with Crippen molar-refractivity contribution in [1.29, 1.82) is 0 Å². The Hall–Kier alpha value is -5.22. The number of halogens is 1. The van der Waals surface area contributed by atoms with E-state index >= 15 is 4.39 Å². The molecule has 0 bridgehead atoms. The van der Waals surface area contributed by atoms with Gasteiger partial charge in [0, 0.05) is 35.6 Å². The van der Waals surface area contributed by atoms with E-state index in [0.29, 0.717) is 34.0 Å². The van der Waals surface area contributed by atoms with E-state index in [4.69, 9.17) is 4.98 Å². The topological polar surface area (TPSA) is 101 Å². The number of nitrogens with zero attached hydrogens (tertiary/aromatic N) is 5. The lowest BCUT2D eigenvalue weighted by Gasteiger charge is -2.10. The first-order chi connectivity index (χ1) is 21.4. The van der Waals surface area contributed by atoms with Gasteiger partial charge in [-0.1, -0.05) is 42.5 Å². The van der Waals surface area contributed by atoms with Crippen molar-refractivity contribution in [3.05, 3.63) is 113 Å². The van der Waals surface area contributed by atoms with Crippen LogP contribution in [-0.4, -0.2) is 35.6 Å². The van der Waals surface area contributed by atoms with E-state index in [1.165, 1.54) is 11.1 Å². The van der Waals surface area contributed by atoms with Gasteiger partial charge in [0.25, 0.3) is 0 Å². The van der Waals surface area contributed by atoms with Crippen molar-refractivity contribution in [3.8, 4) is 22.1 Å². The number of allylic oxidation sites excluding steroid dienone is 5. The van der Waals surface area contributed by atoms with E-state index in [-0.39, 0.29) is 23.3 Å². The molecule has 0 aliphatic rings. The van der Waals surface area contributed by atoms with E-state index in [1.807, 2.05) is 75.4 Å². The molecule has 220 valence electrons. The highest BCUT2D eigenvalue weighted by molar-refractivity contribution is 7.15. The summed E-state index contributed by atoms with van der Waals surface area (Å²) < 4.78 is 18.1. The van der Waals surface area contributed by atoms with Crippen molar-refractivity contribution in [2.24, 2.45) is 7.05 Å². The first-order valence-electron chi connectivity index (χ1n) is 14.1. The number of amides is 1. The summed E-state index contributed by atoms with van der Waals surface area (Å²) >= 11 is 1.64. The fraction of sp³-hybridized carbons (Fsp3) is 0.147. The van der Waals surface area contributed by atoms with Crippen molar-refractivity contribution < 1.29 is 9.18 Å². The maximum atomic E-state index is 16.5. The second kappa shape index (κ2) is 12.2. The number of benzene rings is 1. The number of thiophene rings is 1. The lowest BCUT2D eigenvalue weighted by Crippen LogP contribution is -2.23. The van der Waals surface area contributed by atoms with Crippen LogP contribution >= 0.6 is 11.3 Å². The van der Waals surface area contributed by atoms with Gasteiger partial charge in [-0.25, -0.2) is 19.0 Å². The van der Waals surface area contributed by atoms with Gasteiger partial charge in [-0.05, 0) is 62.3 Å². The second-order valence-corrected chi connectivity index (χ2v) is 11.6. The number of hydrogen-bond acceptors (Lipinski definition) is 6. The molecule has 0 aliphatic carbocycles. The van der Waals surface area contributed by atoms with Crippen molar-refractivity contribution in [3.63, 3.8) is 0 Å². The van der Waals surface area contributed by atoms with Crippen LogP contribution in [0.15, 0.2) is 90.9 Å². The van der Waals surface area contributed by atoms with Gasteiger partial charge in [-0.2, -0.15) is 5.10 Å². The molecule has 0 saturated carbocycles. The number of hydrogen-bond donors (Lipinski definition) is 2. The molecule has 10 heteroatoms. The molecule has 6 rings (SSSR count). The van der Waals surface area contributed by atoms with Crippen LogP contribution in [0.3, 0.4) is 0 Å². The lowest BCUT2D eigenvalue weighted by atomic mass is 10.0. The van der Waals surface area contributed by atoms with E-state index < -0.39 is 5.82 Å². The third-order valence-electron chi connectivity index (χ3n) is 7.16. The third-order valence-corrected chi connectivity index (χ3v) is 8.17. The summed E-state index contributed by atoms with van der Waals surface area (Å²) in [5, 5.41) is 7.82. The Balaban J connectivity index is 1.39. The number of H-pyrrole nitrogens is 1. The smallest absolute Gasteiger partial charge is 0.228 e. The van der Waals surface area contributed by atoms with Gasteiger partial charge < -0.3 is 10.3 Å². The average molecular weight is 604 g/mol. The quantitative estimate of drug-likeness (QED) is 0.178. The molecular formula is C34H30FN7OS. The number of carbonyl (C=O) groups is 1. The van der Waals surface area contributed by atoms with Gasteiger partial charge >= 0.3 is 0 Å². The van der Waals surface area contributed by atoms with Crippen molar-refractivity contribution in [1.82, 2.24) is 35.0 Å². The summed E-state index contributed by atoms with van der Waals surface area (Å²) in [6, 6.07) is 15.4. The Morgan fingerprint density at radius 2 is 1.91 bits per heavy atom. The number of aromatic nitrogens is 6. The summed E-state index contributed by atoms with van der Waals surface area (Å²) in [6.45, 7) is 5.72. The van der Waals surface area contributed by atoms with Crippen LogP contribution in [0.1, 0.15) is 29.9 Å². The summed E-state index contributed by atoms with van der Waals surface area (Å²) in [4.78, 5) is 32.3. The molecule has 44 heavy (non-hydrogen) atoms. The molecule has 0 fully saturated rings. The number of nitrogens with one attached hydrogen (secondary N) is 2. The minimum Gasteiger partial charge on any atom is -0.336 e. The molecule has 0 unspecified atom stereocenters. The molecule has 6 aromatic rings. The van der Waals surface area contributed by atoms with Gasteiger partial charge in [0.15, 0.2) is 11.5 Å². The molecule has 0 saturated heterocycles. The maximum absolute atomic E-state index is 16.5. The molecule has 1 aromatic carbocycles. The largest absolute Gasteiger partial charge is 0.336 e. The van der Waals surface area contributed by atoms with E-state index in [0.717, 1.165) is 21.7 Å². The van der Waals surface area contributed by atoms with Crippen molar-refractivity contribution >= 4 is 44.9 Å². The first kappa shape index (κ1) is 28.9. The van der Waals surface area contributed by atoms with Gasteiger partial charge in [0.2, 0.25) is 5.91 Å². The highest BCUT2D eigenvalue weighted by atomic mass is 32.1. The Morgan fingerprint density at radius 3 is 2.64 bits per heavy atom. The summed E-state index contributed by atoms with van der Waals surface area (Å²) in [6.07, 6.45) is 10.6. The van der Waals surface area contributed by atoms with E-state index in [1.54, 1.807) is 47.5 Å². The highest BCUT2D eigenvalue weighted by Gasteiger charge is 2.23. The number of aromatic amines is 1. The number of fused-ring (bicyclic) bond motifs is 2. The Labute approximate surface area is 257 Å². The minimum atomic E-state index is -0.481. The fourth-order valence-corrected chi connectivity index (χ4v) is 5.98. The minimum absolute atomic E-state index is 0.170. The van der Waals surface area contributed by atoms with Gasteiger partial charge in [-0.3, -0.25) is 9.78 Å². The molecule has 0 atom stereocenters. The zero-order chi connectivity index (χ0) is 30.8.